The monoisotopic (exact) mass is 371 g/mol. The van der Waals surface area contributed by atoms with E-state index in [9.17, 15) is 8.78 Å². The van der Waals surface area contributed by atoms with Crippen molar-refractivity contribution in [3.63, 3.8) is 0 Å². The average molecular weight is 371 g/mol. The van der Waals surface area contributed by atoms with Gasteiger partial charge in [0.2, 0.25) is 0 Å². The van der Waals surface area contributed by atoms with Crippen LogP contribution in [0.25, 0.3) is 11.1 Å². The zero-order valence-corrected chi connectivity index (χ0v) is 11.8. The van der Waals surface area contributed by atoms with E-state index in [2.05, 4.69) is 27.6 Å². The Morgan fingerprint density at radius 1 is 1.00 bits per heavy atom. The average Bonchev–Trinajstić information content (AvgIpc) is 2.83. The molecule has 0 radical (unpaired) electrons. The number of rotatable bonds is 2. The van der Waals surface area contributed by atoms with Crippen LogP contribution in [-0.2, 0) is 5.92 Å². The number of nitrogens with zero attached hydrogens (tertiary/aromatic N) is 1. The molecule has 5 heteroatoms. The summed E-state index contributed by atoms with van der Waals surface area (Å²) in [6.45, 7) is 0. The molecule has 0 unspecified atom stereocenters. The topological polar surface area (TPSA) is 26.0 Å². The van der Waals surface area contributed by atoms with E-state index in [1.165, 1.54) is 12.1 Å². The van der Waals surface area contributed by atoms with Crippen molar-refractivity contribution in [2.45, 2.75) is 5.92 Å². The molecule has 19 heavy (non-hydrogen) atoms. The Kier molecular flexibility index (Phi) is 3.00. The van der Waals surface area contributed by atoms with Crippen LogP contribution >= 0.6 is 22.6 Å². The van der Waals surface area contributed by atoms with Gasteiger partial charge in [0.15, 0.2) is 5.58 Å². The first-order chi connectivity index (χ1) is 9.07. The zero-order chi connectivity index (χ0) is 13.5. The van der Waals surface area contributed by atoms with Gasteiger partial charge in [-0.05, 0) is 46.9 Å². The van der Waals surface area contributed by atoms with Crippen LogP contribution in [0.2, 0.25) is 0 Å². The molecule has 0 spiro atoms. The van der Waals surface area contributed by atoms with Gasteiger partial charge >= 0.3 is 5.92 Å². The number of halogens is 3. The van der Waals surface area contributed by atoms with E-state index in [0.29, 0.717) is 11.1 Å². The van der Waals surface area contributed by atoms with Crippen molar-refractivity contribution in [2.24, 2.45) is 0 Å². The molecule has 0 atom stereocenters. The first-order valence-electron chi connectivity index (χ1n) is 5.57. The Morgan fingerprint density at radius 3 is 2.37 bits per heavy atom. The van der Waals surface area contributed by atoms with Crippen LogP contribution in [0.1, 0.15) is 11.5 Å². The lowest BCUT2D eigenvalue weighted by molar-refractivity contribution is 0.0148. The van der Waals surface area contributed by atoms with Crippen LogP contribution in [0, 0.1) is 3.57 Å². The molecule has 0 saturated heterocycles. The lowest BCUT2D eigenvalue weighted by Crippen LogP contribution is -2.15. The quantitative estimate of drug-likeness (QED) is 0.617. The number of hydrogen-bond acceptors (Lipinski definition) is 2. The summed E-state index contributed by atoms with van der Waals surface area (Å²) in [5.74, 6) is -3.81. The van der Waals surface area contributed by atoms with Crippen LogP contribution < -0.4 is 0 Å². The summed E-state index contributed by atoms with van der Waals surface area (Å²) in [6, 6.07) is 12.8. The van der Waals surface area contributed by atoms with Gasteiger partial charge < -0.3 is 4.42 Å². The van der Waals surface area contributed by atoms with E-state index in [0.717, 1.165) is 3.57 Å². The molecule has 0 aliphatic carbocycles. The fraction of sp³-hybridized carbons (Fsp3) is 0.0714. The third-order valence-electron chi connectivity index (χ3n) is 2.77. The van der Waals surface area contributed by atoms with Crippen molar-refractivity contribution in [1.82, 2.24) is 4.98 Å². The molecular weight excluding hydrogens is 363 g/mol. The van der Waals surface area contributed by atoms with Gasteiger partial charge in [0.25, 0.3) is 5.89 Å². The fourth-order valence-electron chi connectivity index (χ4n) is 1.79. The number of aromatic nitrogens is 1. The summed E-state index contributed by atoms with van der Waals surface area (Å²) in [5, 5.41) is 0. The van der Waals surface area contributed by atoms with Gasteiger partial charge in [-0.3, -0.25) is 0 Å². The van der Waals surface area contributed by atoms with Gasteiger partial charge in [0.05, 0.1) is 0 Å². The van der Waals surface area contributed by atoms with Crippen LogP contribution in [0.4, 0.5) is 8.78 Å². The van der Waals surface area contributed by atoms with Crippen molar-refractivity contribution in [1.29, 1.82) is 0 Å². The third kappa shape index (κ3) is 2.22. The number of benzene rings is 2. The molecule has 1 aromatic heterocycles. The number of hydrogen-bond donors (Lipinski definition) is 0. The van der Waals surface area contributed by atoms with Crippen LogP contribution in [0.5, 0.6) is 0 Å². The Balaban J connectivity index is 2.10. The van der Waals surface area contributed by atoms with Crippen molar-refractivity contribution in [2.75, 3.05) is 0 Å². The van der Waals surface area contributed by atoms with Crippen molar-refractivity contribution in [3.8, 4) is 0 Å². The second-order valence-corrected chi connectivity index (χ2v) is 5.31. The van der Waals surface area contributed by atoms with Gasteiger partial charge in [-0.1, -0.05) is 24.3 Å². The smallest absolute Gasteiger partial charge is 0.347 e. The summed E-state index contributed by atoms with van der Waals surface area (Å²) < 4.78 is 34.7. The standard InChI is InChI=1S/C14H8F2INO/c15-14(16,9-5-7-10(17)8-6-9)13-18-11-3-1-2-4-12(11)19-13/h1-8H. The molecular formula is C14H8F2INO. The maximum Gasteiger partial charge on any atom is 0.347 e. The summed E-state index contributed by atoms with van der Waals surface area (Å²) >= 11 is 2.07. The second-order valence-electron chi connectivity index (χ2n) is 4.07. The molecule has 0 fully saturated rings. The number of alkyl halides is 2. The SMILES string of the molecule is FC(F)(c1ccc(I)cc1)c1nc2ccccc2o1. The van der Waals surface area contributed by atoms with Crippen LogP contribution in [-0.4, -0.2) is 4.98 Å². The largest absolute Gasteiger partial charge is 0.435 e. The van der Waals surface area contributed by atoms with Gasteiger partial charge in [-0.15, -0.1) is 0 Å². The molecule has 3 aromatic rings. The van der Waals surface area contributed by atoms with E-state index in [1.54, 1.807) is 36.4 Å². The molecule has 0 amide bonds. The highest BCUT2D eigenvalue weighted by molar-refractivity contribution is 14.1. The molecule has 2 nitrogen and oxygen atoms in total. The number of para-hydroxylation sites is 2. The molecule has 0 aliphatic rings. The normalized spacial score (nSPS) is 11.9. The molecule has 0 bridgehead atoms. The lowest BCUT2D eigenvalue weighted by Gasteiger charge is -2.12. The minimum atomic E-state index is -3.23. The first kappa shape index (κ1) is 12.5. The minimum absolute atomic E-state index is 0.125. The summed E-state index contributed by atoms with van der Waals surface area (Å²) in [5.41, 5.74) is 0.671. The van der Waals surface area contributed by atoms with E-state index in [4.69, 9.17) is 4.42 Å². The predicted octanol–water partition coefficient (Wildman–Crippen LogP) is 4.57. The zero-order valence-electron chi connectivity index (χ0n) is 9.61. The van der Waals surface area contributed by atoms with Crippen molar-refractivity contribution in [3.05, 3.63) is 63.6 Å². The maximum atomic E-state index is 14.3. The molecule has 0 aliphatic heterocycles. The molecule has 3 rings (SSSR count). The Hall–Kier alpha value is -1.50. The van der Waals surface area contributed by atoms with Crippen LogP contribution in [0.15, 0.2) is 52.9 Å². The highest BCUT2D eigenvalue weighted by Crippen LogP contribution is 2.36. The van der Waals surface area contributed by atoms with Crippen molar-refractivity contribution >= 4 is 33.7 Å². The second kappa shape index (κ2) is 4.56. The number of fused-ring (bicyclic) bond motifs is 1. The Morgan fingerprint density at radius 2 is 1.68 bits per heavy atom. The van der Waals surface area contributed by atoms with E-state index < -0.39 is 11.8 Å². The van der Waals surface area contributed by atoms with E-state index in [-0.39, 0.29) is 5.56 Å². The summed E-state index contributed by atoms with van der Waals surface area (Å²) in [6.07, 6.45) is 0. The van der Waals surface area contributed by atoms with Gasteiger partial charge in [-0.25, -0.2) is 4.98 Å². The molecule has 0 N–H and O–H groups in total. The van der Waals surface area contributed by atoms with E-state index >= 15 is 0 Å². The Bertz CT molecular complexity index is 689. The van der Waals surface area contributed by atoms with Gasteiger partial charge in [0, 0.05) is 9.13 Å². The third-order valence-corrected chi connectivity index (χ3v) is 3.49. The predicted molar refractivity (Wildman–Crippen MR) is 76.2 cm³/mol. The van der Waals surface area contributed by atoms with Gasteiger partial charge in [-0.2, -0.15) is 8.78 Å². The number of oxazole rings is 1. The summed E-state index contributed by atoms with van der Waals surface area (Å²) in [4.78, 5) is 3.86. The lowest BCUT2D eigenvalue weighted by atomic mass is 10.1. The maximum absolute atomic E-state index is 14.3. The molecule has 96 valence electrons. The highest BCUT2D eigenvalue weighted by Gasteiger charge is 2.39. The molecule has 2 aromatic carbocycles. The van der Waals surface area contributed by atoms with E-state index in [1.807, 2.05) is 0 Å². The fourth-order valence-corrected chi connectivity index (χ4v) is 2.15. The summed E-state index contributed by atoms with van der Waals surface area (Å²) in [7, 11) is 0. The van der Waals surface area contributed by atoms with Crippen molar-refractivity contribution < 1.29 is 13.2 Å². The Labute approximate surface area is 121 Å². The molecule has 0 saturated carbocycles. The molecule has 1 heterocycles. The highest BCUT2D eigenvalue weighted by atomic mass is 127. The minimum Gasteiger partial charge on any atom is -0.435 e. The first-order valence-corrected chi connectivity index (χ1v) is 6.65. The van der Waals surface area contributed by atoms with Gasteiger partial charge in [0.1, 0.15) is 5.52 Å². The van der Waals surface area contributed by atoms with Crippen LogP contribution in [0.3, 0.4) is 0 Å².